The van der Waals surface area contributed by atoms with Crippen molar-refractivity contribution in [2.45, 2.75) is 19.4 Å². The number of halogens is 2. The van der Waals surface area contributed by atoms with Gasteiger partial charge < -0.3 is 14.7 Å². The van der Waals surface area contributed by atoms with E-state index in [1.54, 1.807) is 36.5 Å². The third-order valence-corrected chi connectivity index (χ3v) is 5.25. The van der Waals surface area contributed by atoms with Crippen molar-refractivity contribution in [2.24, 2.45) is 7.05 Å². The fourth-order valence-electron chi connectivity index (χ4n) is 3.62. The molecule has 0 bridgehead atoms. The van der Waals surface area contributed by atoms with Crippen molar-refractivity contribution in [3.63, 3.8) is 0 Å². The van der Waals surface area contributed by atoms with Gasteiger partial charge in [-0.2, -0.15) is 5.10 Å². The van der Waals surface area contributed by atoms with Crippen LogP contribution < -0.4 is 5.32 Å². The molecule has 0 radical (unpaired) electrons. The first-order valence-electron chi connectivity index (χ1n) is 10.1. The zero-order chi connectivity index (χ0) is 22.1. The van der Waals surface area contributed by atoms with E-state index in [9.17, 15) is 8.78 Å². The normalized spacial score (nSPS) is 11.3. The van der Waals surface area contributed by atoms with Gasteiger partial charge in [-0.1, -0.05) is 0 Å². The summed E-state index contributed by atoms with van der Waals surface area (Å²) in [6, 6.07) is 7.96. The van der Waals surface area contributed by atoms with Gasteiger partial charge in [-0.05, 0) is 30.3 Å². The number of nitrogens with zero attached hydrogens (tertiary/aromatic N) is 4. The predicted molar refractivity (Wildman–Crippen MR) is 116 cm³/mol. The van der Waals surface area contributed by atoms with E-state index in [0.717, 1.165) is 17.1 Å². The van der Waals surface area contributed by atoms with E-state index in [1.807, 2.05) is 12.1 Å². The molecule has 0 saturated heterocycles. The molecule has 0 atom stereocenters. The van der Waals surface area contributed by atoms with Crippen LogP contribution >= 0.6 is 0 Å². The van der Waals surface area contributed by atoms with Crippen LogP contribution in [0.25, 0.3) is 22.3 Å². The number of benzene rings is 1. The third kappa shape index (κ3) is 3.96. The van der Waals surface area contributed by atoms with Crippen LogP contribution in [0.4, 0.5) is 14.5 Å². The smallest absolute Gasteiger partial charge is 0.179 e. The molecule has 0 amide bonds. The van der Waals surface area contributed by atoms with Crippen LogP contribution in [-0.2, 0) is 26.4 Å². The minimum absolute atomic E-state index is 0.107. The number of aromatic nitrogens is 5. The molecule has 2 N–H and O–H groups in total. The van der Waals surface area contributed by atoms with Gasteiger partial charge in [-0.3, -0.25) is 4.68 Å². The number of imidazole rings is 1. The second-order valence-electron chi connectivity index (χ2n) is 7.50. The third-order valence-electron chi connectivity index (χ3n) is 5.25. The largest absolute Gasteiger partial charge is 0.469 e. The van der Waals surface area contributed by atoms with Crippen LogP contribution in [0, 0.1) is 11.6 Å². The second kappa shape index (κ2) is 8.26. The number of H-pyrrole nitrogens is 1. The van der Waals surface area contributed by atoms with Crippen LogP contribution in [-0.4, -0.2) is 24.7 Å². The number of hydrogen-bond acceptors (Lipinski definition) is 5. The molecule has 7 nitrogen and oxygen atoms in total. The molecule has 4 heterocycles. The molecule has 0 fully saturated rings. The Bertz CT molecular complexity index is 1370. The lowest BCUT2D eigenvalue weighted by molar-refractivity contribution is 0.507. The van der Waals surface area contributed by atoms with E-state index in [4.69, 9.17) is 4.42 Å². The molecule has 0 saturated carbocycles. The van der Waals surface area contributed by atoms with Crippen LogP contribution in [0.1, 0.15) is 17.1 Å². The molecule has 0 aliphatic rings. The number of fused-ring (bicyclic) bond motifs is 1. The molecule has 162 valence electrons. The second-order valence-corrected chi connectivity index (χ2v) is 7.50. The van der Waals surface area contributed by atoms with Crippen molar-refractivity contribution < 1.29 is 13.2 Å². The van der Waals surface area contributed by atoms with Crippen LogP contribution in [0.15, 0.2) is 59.6 Å². The quantitative estimate of drug-likeness (QED) is 0.390. The highest BCUT2D eigenvalue weighted by atomic mass is 19.1. The maximum atomic E-state index is 14.7. The zero-order valence-corrected chi connectivity index (χ0v) is 17.3. The number of anilines is 1. The maximum Gasteiger partial charge on any atom is 0.179 e. The SMILES string of the molecule is Cn1cc(-c2cc(F)c(CNc3ccnc4nc(CCc5ccco5)[nH]c34)cc2F)cn1. The molecular formula is C23H20F2N6O. The summed E-state index contributed by atoms with van der Waals surface area (Å²) in [6.45, 7) is 0.107. The Morgan fingerprint density at radius 2 is 2.06 bits per heavy atom. The first kappa shape index (κ1) is 19.9. The highest BCUT2D eigenvalue weighted by molar-refractivity contribution is 5.85. The summed E-state index contributed by atoms with van der Waals surface area (Å²) in [5.74, 6) is 0.657. The molecule has 0 aliphatic heterocycles. The van der Waals surface area contributed by atoms with Crippen LogP contribution in [0.2, 0.25) is 0 Å². The monoisotopic (exact) mass is 434 g/mol. The van der Waals surface area contributed by atoms with E-state index in [-0.39, 0.29) is 17.7 Å². The topological polar surface area (TPSA) is 84.6 Å². The molecule has 1 aromatic carbocycles. The molecule has 9 heteroatoms. The Balaban J connectivity index is 1.34. The lowest BCUT2D eigenvalue weighted by Gasteiger charge is -2.10. The van der Waals surface area contributed by atoms with Gasteiger partial charge in [0.2, 0.25) is 0 Å². The van der Waals surface area contributed by atoms with Gasteiger partial charge in [-0.15, -0.1) is 0 Å². The molecule has 4 aromatic heterocycles. The van der Waals surface area contributed by atoms with Gasteiger partial charge in [0.05, 0.1) is 18.1 Å². The molecular weight excluding hydrogens is 414 g/mol. The summed E-state index contributed by atoms with van der Waals surface area (Å²) in [5.41, 5.74) is 2.91. The van der Waals surface area contributed by atoms with E-state index >= 15 is 0 Å². The van der Waals surface area contributed by atoms with Crippen molar-refractivity contribution in [1.29, 1.82) is 0 Å². The fraction of sp³-hybridized carbons (Fsp3) is 0.174. The summed E-state index contributed by atoms with van der Waals surface area (Å²) in [4.78, 5) is 12.1. The Hall–Kier alpha value is -4.01. The zero-order valence-electron chi connectivity index (χ0n) is 17.3. The summed E-state index contributed by atoms with van der Waals surface area (Å²) in [5, 5.41) is 7.18. The number of furan rings is 1. The van der Waals surface area contributed by atoms with Crippen molar-refractivity contribution in [1.82, 2.24) is 24.7 Å². The highest BCUT2D eigenvalue weighted by Gasteiger charge is 2.14. The van der Waals surface area contributed by atoms with Gasteiger partial charge in [0.15, 0.2) is 5.65 Å². The molecule has 5 rings (SSSR count). The van der Waals surface area contributed by atoms with E-state index in [1.165, 1.54) is 18.3 Å². The Morgan fingerprint density at radius 1 is 1.16 bits per heavy atom. The van der Waals surface area contributed by atoms with Gasteiger partial charge in [0.1, 0.15) is 28.7 Å². The number of hydrogen-bond donors (Lipinski definition) is 2. The van der Waals surface area contributed by atoms with Crippen molar-refractivity contribution in [3.8, 4) is 11.1 Å². The van der Waals surface area contributed by atoms with E-state index in [0.29, 0.717) is 29.7 Å². The number of pyridine rings is 1. The number of aromatic amines is 1. The highest BCUT2D eigenvalue weighted by Crippen LogP contribution is 2.26. The summed E-state index contributed by atoms with van der Waals surface area (Å²) in [6.07, 6.45) is 7.80. The molecule has 0 aliphatic carbocycles. The summed E-state index contributed by atoms with van der Waals surface area (Å²) in [7, 11) is 1.73. The fourth-order valence-corrected chi connectivity index (χ4v) is 3.62. The minimum atomic E-state index is -0.502. The van der Waals surface area contributed by atoms with Gasteiger partial charge >= 0.3 is 0 Å². The van der Waals surface area contributed by atoms with Gasteiger partial charge in [-0.25, -0.2) is 18.7 Å². The van der Waals surface area contributed by atoms with Gasteiger partial charge in [0.25, 0.3) is 0 Å². The summed E-state index contributed by atoms with van der Waals surface area (Å²) >= 11 is 0. The van der Waals surface area contributed by atoms with Crippen molar-refractivity contribution in [2.75, 3.05) is 5.32 Å². The van der Waals surface area contributed by atoms with Crippen molar-refractivity contribution >= 4 is 16.9 Å². The first-order chi connectivity index (χ1) is 15.6. The minimum Gasteiger partial charge on any atom is -0.469 e. The molecule has 0 spiro atoms. The predicted octanol–water partition coefficient (Wildman–Crippen LogP) is 4.63. The molecule has 0 unspecified atom stereocenters. The average molecular weight is 434 g/mol. The number of aryl methyl sites for hydroxylation is 3. The van der Waals surface area contributed by atoms with Crippen LogP contribution in [0.5, 0.6) is 0 Å². The van der Waals surface area contributed by atoms with Gasteiger partial charge in [0, 0.05) is 55.5 Å². The lowest BCUT2D eigenvalue weighted by atomic mass is 10.1. The Morgan fingerprint density at radius 3 is 2.84 bits per heavy atom. The maximum absolute atomic E-state index is 14.7. The van der Waals surface area contributed by atoms with Crippen LogP contribution in [0.3, 0.4) is 0 Å². The lowest BCUT2D eigenvalue weighted by Crippen LogP contribution is -2.04. The molecule has 5 aromatic rings. The van der Waals surface area contributed by atoms with E-state index < -0.39 is 11.6 Å². The summed E-state index contributed by atoms with van der Waals surface area (Å²) < 4.78 is 36.3. The Kier molecular flexibility index (Phi) is 5.14. The standard InChI is InChI=1S/C23H20F2N6O/c1-31-13-15(12-28-31)17-10-18(24)14(9-19(17)25)11-27-20-6-7-26-23-22(20)29-21(30-23)5-4-16-3-2-8-32-16/h2-3,6-10,12-13H,4-5,11H2,1H3,(H2,26,27,29,30). The average Bonchev–Trinajstić information content (AvgIpc) is 3.53. The van der Waals surface area contributed by atoms with Crippen molar-refractivity contribution in [3.05, 3.63) is 84.0 Å². The number of rotatable bonds is 7. The van der Waals surface area contributed by atoms with E-state index in [2.05, 4.69) is 25.4 Å². The molecule has 32 heavy (non-hydrogen) atoms. The first-order valence-corrected chi connectivity index (χ1v) is 10.1. The Labute approximate surface area is 182 Å². The number of nitrogens with one attached hydrogen (secondary N) is 2.